The molecule has 2 aliphatic heterocycles. The highest BCUT2D eigenvalue weighted by Gasteiger charge is 2.50. The van der Waals surface area contributed by atoms with Gasteiger partial charge in [0.25, 0.3) is 0 Å². The third-order valence-electron chi connectivity index (χ3n) is 8.54. The van der Waals surface area contributed by atoms with Crippen molar-refractivity contribution in [3.8, 4) is 0 Å². The van der Waals surface area contributed by atoms with Crippen molar-refractivity contribution in [1.82, 2.24) is 15.6 Å². The number of fused-ring (bicyclic) bond motifs is 1. The van der Waals surface area contributed by atoms with Crippen LogP contribution in [0.1, 0.15) is 19.8 Å². The molecule has 22 heteroatoms. The zero-order valence-corrected chi connectivity index (χ0v) is 28.7. The molecule has 1 aromatic heterocycles. The molecule has 14 atom stereocenters. The first-order valence-corrected chi connectivity index (χ1v) is 16.0. The molecule has 1 aliphatic carbocycles. The van der Waals surface area contributed by atoms with E-state index in [0.29, 0.717) is 12.4 Å². The summed E-state index contributed by atoms with van der Waals surface area (Å²) in [6.45, 7) is 1.55. The number of nitrogens with one attached hydrogen (secondary N) is 2. The Balaban J connectivity index is 0.000000402. The molecule has 1 saturated carbocycles. The van der Waals surface area contributed by atoms with Crippen molar-refractivity contribution in [2.24, 2.45) is 28.7 Å². The van der Waals surface area contributed by atoms with Crippen LogP contribution in [0.25, 0.3) is 10.8 Å². The van der Waals surface area contributed by atoms with Gasteiger partial charge in [0.2, 0.25) is 0 Å². The molecule has 5 rings (SSSR count). The summed E-state index contributed by atoms with van der Waals surface area (Å²) in [4.78, 5) is 11.1. The van der Waals surface area contributed by atoms with Gasteiger partial charge in [0.1, 0.15) is 36.6 Å². The quantitative estimate of drug-likeness (QED) is 0.107. The summed E-state index contributed by atoms with van der Waals surface area (Å²) < 4.78 is 27.4. The van der Waals surface area contributed by atoms with Crippen molar-refractivity contribution >= 4 is 35.1 Å². The zero-order chi connectivity index (χ0) is 35.8. The Morgan fingerprint density at radius 1 is 0.922 bits per heavy atom. The van der Waals surface area contributed by atoms with E-state index >= 15 is 0 Å². The van der Waals surface area contributed by atoms with Crippen molar-refractivity contribution < 1.29 is 59.5 Å². The Labute approximate surface area is 299 Å². The summed E-state index contributed by atoms with van der Waals surface area (Å²) in [5.74, 6) is 0.483. The maximum absolute atomic E-state index is 11.1. The summed E-state index contributed by atoms with van der Waals surface area (Å²) in [7, 11) is 0. The molecule has 0 bridgehead atoms. The van der Waals surface area contributed by atoms with Crippen LogP contribution in [0.2, 0.25) is 0 Å². The Morgan fingerprint density at radius 3 is 2.18 bits per heavy atom. The molecule has 0 radical (unpaired) electrons. The lowest BCUT2D eigenvalue weighted by Crippen LogP contribution is -2.68. The smallest absolute Gasteiger partial charge is 0.425 e. The average molecular weight is 754 g/mol. The standard InChI is InChI=1S/C18H37N5O9.C11H12N4O2.ClH.H2O/c19-3-9-8(25)2-7(22)17(29-9)31-15-5(20)1-6(21)16(14(15)28)32-18-13(27)11(23)12(26)10(4-24)30-18;1-2-17-11(16)15-14-10-9-6-4-3-5-8(9)7-12-13-10;;/h5-18,24-28H,1-4,19-23H2;3-7H,2H2,1H3,(H,13,14)(H,15,16);1H;1H2/t5-,6+,7+,8-,9+,10+,11-,12+,13+,14-,15+,16-,17+,18+;;;/m0.../s1. The van der Waals surface area contributed by atoms with Gasteiger partial charge in [0, 0.05) is 29.4 Å². The van der Waals surface area contributed by atoms with Gasteiger partial charge in [-0.15, -0.1) is 17.5 Å². The van der Waals surface area contributed by atoms with E-state index < -0.39 is 98.3 Å². The number of benzene rings is 1. The molecule has 51 heavy (non-hydrogen) atoms. The maximum atomic E-state index is 11.1. The van der Waals surface area contributed by atoms with E-state index in [0.717, 1.165) is 10.8 Å². The first-order chi connectivity index (χ1) is 23.4. The number of nitrogens with zero attached hydrogens (tertiary/aromatic N) is 2. The van der Waals surface area contributed by atoms with Crippen LogP contribution in [0.15, 0.2) is 30.5 Å². The number of hydrogen-bond acceptors (Lipinski definition) is 19. The second-order valence-electron chi connectivity index (χ2n) is 12.0. The molecule has 2 aromatic rings. The van der Waals surface area contributed by atoms with Crippen LogP contribution < -0.4 is 39.5 Å². The van der Waals surface area contributed by atoms with Gasteiger partial charge in [-0.25, -0.2) is 10.2 Å². The minimum Gasteiger partial charge on any atom is -0.449 e. The van der Waals surface area contributed by atoms with Gasteiger partial charge in [-0.1, -0.05) is 24.3 Å². The van der Waals surface area contributed by atoms with E-state index in [9.17, 15) is 30.3 Å². The predicted octanol–water partition coefficient (Wildman–Crippen LogP) is -5.00. The SMILES string of the molecule is CCOC(=O)NNc1nncc2ccccc12.Cl.NC[C@H]1O[C@H](O[C@H]2[C@H](O)[C@@H](O[C@H]3O[C@H](CO)[C@@H](O)[C@H](N)[C@H]3O)[C@H](N)C[C@@H]2N)[C@H](N)C[C@@H]1O.O. The summed E-state index contributed by atoms with van der Waals surface area (Å²) in [6.07, 6.45) is -9.66. The van der Waals surface area contributed by atoms with Crippen LogP contribution in [0.5, 0.6) is 0 Å². The van der Waals surface area contributed by atoms with Gasteiger partial charge in [-0.05, 0) is 19.8 Å². The molecule has 1 amide bonds. The lowest BCUT2D eigenvalue weighted by atomic mass is 9.84. The number of amides is 1. The number of aliphatic hydroxyl groups excluding tert-OH is 5. The number of hydrazine groups is 1. The minimum atomic E-state index is -1.44. The fourth-order valence-electron chi connectivity index (χ4n) is 5.83. The number of hydrogen-bond donors (Lipinski definition) is 12. The number of anilines is 1. The summed E-state index contributed by atoms with van der Waals surface area (Å²) >= 11 is 0. The Hall–Kier alpha value is -2.68. The lowest BCUT2D eigenvalue weighted by molar-refractivity contribution is -0.314. The summed E-state index contributed by atoms with van der Waals surface area (Å²) in [6, 6.07) is 4.34. The number of carbonyl (C=O) groups is 1. The zero-order valence-electron chi connectivity index (χ0n) is 27.9. The van der Waals surface area contributed by atoms with E-state index in [1.54, 1.807) is 13.1 Å². The first kappa shape index (κ1) is 44.5. The van der Waals surface area contributed by atoms with Gasteiger partial charge in [0.15, 0.2) is 18.4 Å². The fraction of sp³-hybridized carbons (Fsp3) is 0.690. The Bertz CT molecular complexity index is 1340. The second-order valence-corrected chi connectivity index (χ2v) is 12.0. The molecule has 292 valence electrons. The van der Waals surface area contributed by atoms with E-state index in [-0.39, 0.29) is 37.3 Å². The second kappa shape index (κ2) is 20.5. The van der Waals surface area contributed by atoms with E-state index in [4.69, 9.17) is 52.4 Å². The monoisotopic (exact) mass is 753 g/mol. The van der Waals surface area contributed by atoms with Crippen LogP contribution in [-0.2, 0) is 23.7 Å². The fourth-order valence-corrected chi connectivity index (χ4v) is 5.83. The maximum Gasteiger partial charge on any atom is 0.425 e. The van der Waals surface area contributed by atoms with E-state index in [2.05, 4.69) is 21.0 Å². The number of rotatable bonds is 9. The van der Waals surface area contributed by atoms with Crippen molar-refractivity contribution in [2.45, 2.75) is 105 Å². The topological polar surface area (TPSA) is 376 Å². The predicted molar refractivity (Wildman–Crippen MR) is 183 cm³/mol. The van der Waals surface area contributed by atoms with Gasteiger partial charge in [-0.3, -0.25) is 5.43 Å². The van der Waals surface area contributed by atoms with Crippen molar-refractivity contribution in [3.63, 3.8) is 0 Å². The number of halogens is 1. The van der Waals surface area contributed by atoms with Gasteiger partial charge in [0.05, 0.1) is 43.7 Å². The van der Waals surface area contributed by atoms with Gasteiger partial charge in [-0.2, -0.15) is 5.10 Å². The molecule has 2 saturated heterocycles. The molecule has 19 N–H and O–H groups in total. The summed E-state index contributed by atoms with van der Waals surface area (Å²) in [5.41, 5.74) is 34.8. The van der Waals surface area contributed by atoms with Crippen LogP contribution in [0.3, 0.4) is 0 Å². The normalized spacial score (nSPS) is 36.4. The van der Waals surface area contributed by atoms with Crippen LogP contribution in [-0.4, -0.2) is 153 Å². The van der Waals surface area contributed by atoms with E-state index in [1.807, 2.05) is 24.3 Å². The highest BCUT2D eigenvalue weighted by Crippen LogP contribution is 2.31. The van der Waals surface area contributed by atoms with Crippen LogP contribution in [0.4, 0.5) is 10.6 Å². The Morgan fingerprint density at radius 2 is 1.55 bits per heavy atom. The largest absolute Gasteiger partial charge is 0.449 e. The highest BCUT2D eigenvalue weighted by atomic mass is 35.5. The number of ether oxygens (including phenoxy) is 5. The lowest BCUT2D eigenvalue weighted by Gasteiger charge is -2.47. The molecule has 21 nitrogen and oxygen atoms in total. The summed E-state index contributed by atoms with van der Waals surface area (Å²) in [5, 5.41) is 60.3. The van der Waals surface area contributed by atoms with Gasteiger partial charge >= 0.3 is 6.09 Å². The van der Waals surface area contributed by atoms with Crippen molar-refractivity contribution in [2.75, 3.05) is 25.2 Å². The Kier molecular flexibility index (Phi) is 17.9. The van der Waals surface area contributed by atoms with E-state index in [1.165, 1.54) is 0 Å². The van der Waals surface area contributed by atoms with Crippen LogP contribution in [0, 0.1) is 0 Å². The number of aromatic nitrogens is 2. The third kappa shape index (κ3) is 10.9. The molecule has 3 fully saturated rings. The highest BCUT2D eigenvalue weighted by molar-refractivity contribution is 5.91. The molecule has 3 heterocycles. The first-order valence-electron chi connectivity index (χ1n) is 16.0. The average Bonchev–Trinajstić information content (AvgIpc) is 3.08. The number of aliphatic hydroxyl groups is 5. The minimum absolute atomic E-state index is 0. The van der Waals surface area contributed by atoms with Gasteiger partial charge < -0.3 is 83.4 Å². The molecular weight excluding hydrogens is 702 g/mol. The third-order valence-corrected chi connectivity index (χ3v) is 8.54. The van der Waals surface area contributed by atoms with Crippen LogP contribution >= 0.6 is 12.4 Å². The molecule has 1 aromatic carbocycles. The number of nitrogens with two attached hydrogens (primary N) is 5. The molecule has 3 aliphatic rings. The van der Waals surface area contributed by atoms with Crippen molar-refractivity contribution in [1.29, 1.82) is 0 Å². The van der Waals surface area contributed by atoms with Crippen molar-refractivity contribution in [3.05, 3.63) is 30.5 Å². The number of carbonyl (C=O) groups excluding carboxylic acids is 1. The molecule has 0 spiro atoms. The molecule has 0 unspecified atom stereocenters. The molecular formula is C29H52ClN9O12.